The first-order chi connectivity index (χ1) is 10.1. The number of aromatic nitrogens is 4. The lowest BCUT2D eigenvalue weighted by Crippen LogP contribution is -1.90. The lowest BCUT2D eigenvalue weighted by atomic mass is 10.2. The number of rotatable bonds is 3. The molecule has 0 saturated carbocycles. The van der Waals surface area contributed by atoms with Gasteiger partial charge in [0.15, 0.2) is 11.6 Å². The molecule has 0 saturated heterocycles. The molecular formula is C13H8ClN5O2. The Kier molecular flexibility index (Phi) is 3.33. The number of nitrogens with one attached hydrogen (secondary N) is 1. The fourth-order valence-corrected chi connectivity index (χ4v) is 1.99. The third-order valence-electron chi connectivity index (χ3n) is 2.79. The maximum absolute atomic E-state index is 10.9. The molecule has 2 aromatic heterocycles. The highest BCUT2D eigenvalue weighted by atomic mass is 35.5. The van der Waals surface area contributed by atoms with Crippen LogP contribution in [0.15, 0.2) is 42.6 Å². The number of pyridine rings is 1. The number of aromatic amines is 1. The van der Waals surface area contributed by atoms with E-state index >= 15 is 0 Å². The van der Waals surface area contributed by atoms with Crippen LogP contribution < -0.4 is 0 Å². The Morgan fingerprint density at radius 1 is 1.24 bits per heavy atom. The zero-order chi connectivity index (χ0) is 14.8. The van der Waals surface area contributed by atoms with E-state index < -0.39 is 4.92 Å². The summed E-state index contributed by atoms with van der Waals surface area (Å²) in [5.74, 6) is 0.832. The number of hydrogen-bond acceptors (Lipinski definition) is 5. The first-order valence-corrected chi connectivity index (χ1v) is 6.31. The van der Waals surface area contributed by atoms with E-state index in [1.54, 1.807) is 24.4 Å². The van der Waals surface area contributed by atoms with Crippen molar-refractivity contribution in [3.63, 3.8) is 0 Å². The average Bonchev–Trinajstić information content (AvgIpc) is 2.98. The quantitative estimate of drug-likeness (QED) is 0.592. The maximum Gasteiger partial charge on any atom is 0.288 e. The predicted molar refractivity (Wildman–Crippen MR) is 76.7 cm³/mol. The number of hydrogen-bond donors (Lipinski definition) is 1. The van der Waals surface area contributed by atoms with E-state index in [-0.39, 0.29) is 10.7 Å². The summed E-state index contributed by atoms with van der Waals surface area (Å²) in [6, 6.07) is 9.83. The van der Waals surface area contributed by atoms with Crippen molar-refractivity contribution in [2.45, 2.75) is 0 Å². The molecule has 0 radical (unpaired) electrons. The molecule has 0 fully saturated rings. The molecule has 7 nitrogen and oxygen atoms in total. The summed E-state index contributed by atoms with van der Waals surface area (Å²) in [6.45, 7) is 0. The second-order valence-corrected chi connectivity index (χ2v) is 4.55. The van der Waals surface area contributed by atoms with Gasteiger partial charge in [-0.15, -0.1) is 0 Å². The molecule has 0 atom stereocenters. The van der Waals surface area contributed by atoms with Gasteiger partial charge in [-0.25, -0.2) is 4.98 Å². The average molecular weight is 302 g/mol. The van der Waals surface area contributed by atoms with Crippen molar-refractivity contribution in [1.29, 1.82) is 0 Å². The molecule has 1 aromatic carbocycles. The standard InChI is InChI=1S/C13H8ClN5O2/c14-9-5-4-8(7-11(9)19(20)21)12-16-13(18-17-12)10-3-1-2-6-15-10/h1-7H,(H,16,17,18). The van der Waals surface area contributed by atoms with Crippen molar-refractivity contribution < 1.29 is 4.92 Å². The first-order valence-electron chi connectivity index (χ1n) is 5.93. The first kappa shape index (κ1) is 13.2. The van der Waals surface area contributed by atoms with Crippen LogP contribution in [0.3, 0.4) is 0 Å². The zero-order valence-electron chi connectivity index (χ0n) is 10.5. The second-order valence-electron chi connectivity index (χ2n) is 4.15. The molecule has 8 heteroatoms. The molecule has 21 heavy (non-hydrogen) atoms. The van der Waals surface area contributed by atoms with Gasteiger partial charge >= 0.3 is 0 Å². The van der Waals surface area contributed by atoms with E-state index in [1.165, 1.54) is 12.1 Å². The topological polar surface area (TPSA) is 97.6 Å². The molecule has 3 rings (SSSR count). The summed E-state index contributed by atoms with van der Waals surface area (Å²) in [5.41, 5.74) is 0.961. The molecule has 0 amide bonds. The monoisotopic (exact) mass is 301 g/mol. The Morgan fingerprint density at radius 3 is 2.81 bits per heavy atom. The van der Waals surface area contributed by atoms with Crippen molar-refractivity contribution in [3.8, 4) is 22.9 Å². The van der Waals surface area contributed by atoms with Gasteiger partial charge in [0.2, 0.25) is 0 Å². The minimum atomic E-state index is -0.544. The Hall–Kier alpha value is -2.80. The van der Waals surface area contributed by atoms with E-state index in [9.17, 15) is 10.1 Å². The fraction of sp³-hybridized carbons (Fsp3) is 0. The number of benzene rings is 1. The largest absolute Gasteiger partial charge is 0.288 e. The zero-order valence-corrected chi connectivity index (χ0v) is 11.3. The van der Waals surface area contributed by atoms with Crippen LogP contribution in [-0.2, 0) is 0 Å². The number of nitrogens with zero attached hydrogens (tertiary/aromatic N) is 4. The smallest absolute Gasteiger partial charge is 0.258 e. The maximum atomic E-state index is 10.9. The molecule has 0 aliphatic carbocycles. The van der Waals surface area contributed by atoms with Gasteiger partial charge in [-0.2, -0.15) is 5.10 Å². The van der Waals surface area contributed by atoms with Crippen LogP contribution >= 0.6 is 11.6 Å². The number of nitro groups is 1. The molecule has 0 spiro atoms. The highest BCUT2D eigenvalue weighted by Gasteiger charge is 2.16. The van der Waals surface area contributed by atoms with Crippen molar-refractivity contribution in [2.24, 2.45) is 0 Å². The Bertz CT molecular complexity index is 803. The molecule has 2 heterocycles. The van der Waals surface area contributed by atoms with Crippen LogP contribution in [0.2, 0.25) is 5.02 Å². The highest BCUT2D eigenvalue weighted by Crippen LogP contribution is 2.29. The van der Waals surface area contributed by atoms with Crippen molar-refractivity contribution in [3.05, 3.63) is 57.7 Å². The summed E-state index contributed by atoms with van der Waals surface area (Å²) in [6.07, 6.45) is 1.64. The Balaban J connectivity index is 2.01. The summed E-state index contributed by atoms with van der Waals surface area (Å²) >= 11 is 5.78. The summed E-state index contributed by atoms with van der Waals surface area (Å²) < 4.78 is 0. The van der Waals surface area contributed by atoms with Crippen LogP contribution in [0.1, 0.15) is 0 Å². The van der Waals surface area contributed by atoms with E-state index in [1.807, 2.05) is 6.07 Å². The molecule has 0 unspecified atom stereocenters. The lowest BCUT2D eigenvalue weighted by Gasteiger charge is -1.98. The SMILES string of the molecule is O=[N+]([O-])c1cc(-c2n[nH]c(-c3ccccn3)n2)ccc1Cl. The number of halogens is 1. The molecule has 3 aromatic rings. The third-order valence-corrected chi connectivity index (χ3v) is 3.11. The van der Waals surface area contributed by atoms with E-state index in [0.29, 0.717) is 22.9 Å². The van der Waals surface area contributed by atoms with Crippen LogP contribution in [-0.4, -0.2) is 25.1 Å². The van der Waals surface area contributed by atoms with Crippen LogP contribution in [0.4, 0.5) is 5.69 Å². The van der Waals surface area contributed by atoms with Gasteiger partial charge in [-0.1, -0.05) is 17.7 Å². The van der Waals surface area contributed by atoms with Crippen LogP contribution in [0.25, 0.3) is 22.9 Å². The van der Waals surface area contributed by atoms with Crippen LogP contribution in [0, 0.1) is 10.1 Å². The molecule has 104 valence electrons. The van der Waals surface area contributed by atoms with E-state index in [4.69, 9.17) is 11.6 Å². The molecule has 0 bridgehead atoms. The Labute approximate surface area is 123 Å². The fourth-order valence-electron chi connectivity index (χ4n) is 1.80. The Morgan fingerprint density at radius 2 is 2.10 bits per heavy atom. The minimum absolute atomic E-state index is 0.0734. The summed E-state index contributed by atoms with van der Waals surface area (Å²) in [7, 11) is 0. The van der Waals surface area contributed by atoms with Gasteiger partial charge in [-0.3, -0.25) is 20.2 Å². The minimum Gasteiger partial charge on any atom is -0.258 e. The highest BCUT2D eigenvalue weighted by molar-refractivity contribution is 6.32. The van der Waals surface area contributed by atoms with Crippen molar-refractivity contribution in [1.82, 2.24) is 20.2 Å². The summed E-state index contributed by atoms with van der Waals surface area (Å²) in [4.78, 5) is 18.8. The lowest BCUT2D eigenvalue weighted by molar-refractivity contribution is -0.384. The predicted octanol–water partition coefficient (Wildman–Crippen LogP) is 3.10. The molecule has 1 N–H and O–H groups in total. The van der Waals surface area contributed by atoms with Crippen molar-refractivity contribution in [2.75, 3.05) is 0 Å². The van der Waals surface area contributed by atoms with Gasteiger partial charge in [0.1, 0.15) is 10.7 Å². The third kappa shape index (κ3) is 2.59. The summed E-state index contributed by atoms with van der Waals surface area (Å²) in [5, 5.41) is 17.8. The number of H-pyrrole nitrogens is 1. The molecular weight excluding hydrogens is 294 g/mol. The second kappa shape index (κ2) is 5.29. The molecule has 0 aliphatic heterocycles. The van der Waals surface area contributed by atoms with Gasteiger partial charge in [0.25, 0.3) is 5.69 Å². The van der Waals surface area contributed by atoms with Gasteiger partial charge in [0.05, 0.1) is 4.92 Å². The van der Waals surface area contributed by atoms with Gasteiger partial charge in [0, 0.05) is 17.8 Å². The van der Waals surface area contributed by atoms with Crippen LogP contribution in [0.5, 0.6) is 0 Å². The normalized spacial score (nSPS) is 10.5. The van der Waals surface area contributed by atoms with Crippen molar-refractivity contribution >= 4 is 17.3 Å². The molecule has 0 aliphatic rings. The van der Waals surface area contributed by atoms with E-state index in [0.717, 1.165) is 0 Å². The van der Waals surface area contributed by atoms with E-state index in [2.05, 4.69) is 20.2 Å². The number of nitro benzene ring substituents is 1. The van der Waals surface area contributed by atoms with Gasteiger partial charge in [-0.05, 0) is 24.3 Å². The van der Waals surface area contributed by atoms with Gasteiger partial charge < -0.3 is 0 Å².